The molecule has 1 saturated carbocycles. The van der Waals surface area contributed by atoms with E-state index in [2.05, 4.69) is 48.2 Å². The minimum Gasteiger partial charge on any atom is -0.507 e. The van der Waals surface area contributed by atoms with Crippen LogP contribution in [-0.4, -0.2) is 5.11 Å². The molecule has 2 atom stereocenters. The zero-order valence-corrected chi connectivity index (χ0v) is 18.4. The Morgan fingerprint density at radius 2 is 1.78 bits per heavy atom. The van der Waals surface area contributed by atoms with E-state index in [9.17, 15) is 5.11 Å². The van der Waals surface area contributed by atoms with Crippen molar-refractivity contribution >= 4 is 11.0 Å². The molecule has 0 bridgehead atoms. The fraction of sp³-hybridized carbons (Fsp3) is 0.333. The number of furan rings is 1. The molecule has 0 saturated heterocycles. The Bertz CT molecular complexity index is 1310. The van der Waals surface area contributed by atoms with Gasteiger partial charge in [-0.05, 0) is 85.9 Å². The molecular weight excluding hydrogens is 392 g/mol. The average Bonchev–Trinajstić information content (AvgIpc) is 3.28. The normalized spacial score (nSPS) is 22.2. The van der Waals surface area contributed by atoms with Gasteiger partial charge in [-0.1, -0.05) is 49.0 Å². The van der Waals surface area contributed by atoms with Crippen LogP contribution in [0.3, 0.4) is 0 Å². The lowest BCUT2D eigenvalue weighted by atomic mass is 9.72. The molecule has 1 aromatic heterocycles. The lowest BCUT2D eigenvalue weighted by Crippen LogP contribution is -2.22. The number of allylic oxidation sites excluding steroid dienone is 3. The highest BCUT2D eigenvalue weighted by Gasteiger charge is 2.30. The zero-order valence-electron chi connectivity index (χ0n) is 18.4. The van der Waals surface area contributed by atoms with Crippen LogP contribution in [0.15, 0.2) is 70.4 Å². The summed E-state index contributed by atoms with van der Waals surface area (Å²) in [5.74, 6) is 8.84. The van der Waals surface area contributed by atoms with E-state index in [0.29, 0.717) is 17.6 Å². The van der Waals surface area contributed by atoms with E-state index >= 15 is 0 Å². The van der Waals surface area contributed by atoms with Crippen LogP contribution in [0.25, 0.3) is 22.3 Å². The molecule has 0 unspecified atom stereocenters. The number of fused-ring (bicyclic) bond motifs is 4. The molecule has 3 aromatic rings. The second-order valence-electron chi connectivity index (χ2n) is 9.44. The van der Waals surface area contributed by atoms with Crippen molar-refractivity contribution < 1.29 is 9.52 Å². The highest BCUT2D eigenvalue weighted by molar-refractivity contribution is 5.88. The third-order valence-corrected chi connectivity index (χ3v) is 7.52. The van der Waals surface area contributed by atoms with Gasteiger partial charge in [0.2, 0.25) is 0 Å². The summed E-state index contributed by atoms with van der Waals surface area (Å²) in [6, 6.07) is 14.8. The number of aliphatic hydroxyl groups is 1. The van der Waals surface area contributed by atoms with Crippen molar-refractivity contribution in [3.05, 3.63) is 82.6 Å². The van der Waals surface area contributed by atoms with Crippen molar-refractivity contribution in [2.75, 3.05) is 0 Å². The topological polar surface area (TPSA) is 33.4 Å². The van der Waals surface area contributed by atoms with Gasteiger partial charge in [-0.15, -0.1) is 0 Å². The molecule has 2 aromatic carbocycles. The van der Waals surface area contributed by atoms with Crippen molar-refractivity contribution in [2.24, 2.45) is 11.8 Å². The van der Waals surface area contributed by atoms with Crippen molar-refractivity contribution in [1.82, 2.24) is 0 Å². The minimum absolute atomic E-state index is 0.341. The van der Waals surface area contributed by atoms with Crippen LogP contribution in [0, 0.1) is 23.7 Å². The fourth-order valence-corrected chi connectivity index (χ4v) is 5.84. The Morgan fingerprint density at radius 3 is 2.75 bits per heavy atom. The summed E-state index contributed by atoms with van der Waals surface area (Å²) in [4.78, 5) is 0. The zero-order chi connectivity index (χ0) is 21.5. The maximum atomic E-state index is 10.6. The standard InChI is InChI=1S/C30H28O2/c31-28-17-14-20-7-1-4-10-23(20)26(28)16-13-22-9-3-6-12-25(22)30-19-27-24-11-5-2-8-21(24)15-18-29(27)32-30/h3,6,9,12,14-15,17-20,23,31H,1-2,4-5,7-8,10-11H2/t20-,23-/m1/s1. The van der Waals surface area contributed by atoms with E-state index in [1.165, 1.54) is 55.0 Å². The van der Waals surface area contributed by atoms with Gasteiger partial charge in [0.1, 0.15) is 17.1 Å². The number of aryl methyl sites for hydroxylation is 2. The summed E-state index contributed by atoms with van der Waals surface area (Å²) in [5, 5.41) is 11.8. The number of aliphatic hydroxyl groups excluding tert-OH is 1. The summed E-state index contributed by atoms with van der Waals surface area (Å²) in [7, 11) is 0. The van der Waals surface area contributed by atoms with Gasteiger partial charge in [0, 0.05) is 28.0 Å². The van der Waals surface area contributed by atoms with Crippen LogP contribution < -0.4 is 0 Å². The van der Waals surface area contributed by atoms with Gasteiger partial charge in [-0.2, -0.15) is 0 Å². The molecule has 1 heterocycles. The first kappa shape index (κ1) is 19.5. The second-order valence-corrected chi connectivity index (χ2v) is 9.44. The largest absolute Gasteiger partial charge is 0.507 e. The molecular formula is C30H28O2. The van der Waals surface area contributed by atoms with E-state index in [1.807, 2.05) is 18.2 Å². The molecule has 0 spiro atoms. The second kappa shape index (κ2) is 8.06. The maximum Gasteiger partial charge on any atom is 0.136 e. The number of hydrogen-bond donors (Lipinski definition) is 1. The Kier molecular flexibility index (Phi) is 4.91. The van der Waals surface area contributed by atoms with E-state index in [1.54, 1.807) is 0 Å². The van der Waals surface area contributed by atoms with E-state index in [0.717, 1.165) is 40.9 Å². The number of benzene rings is 2. The first-order valence-electron chi connectivity index (χ1n) is 12.0. The van der Waals surface area contributed by atoms with Crippen molar-refractivity contribution in [2.45, 2.75) is 51.4 Å². The smallest absolute Gasteiger partial charge is 0.136 e. The summed E-state index contributed by atoms with van der Waals surface area (Å²) >= 11 is 0. The van der Waals surface area contributed by atoms with Crippen LogP contribution in [0.1, 0.15) is 55.2 Å². The predicted molar refractivity (Wildman–Crippen MR) is 129 cm³/mol. The van der Waals surface area contributed by atoms with Crippen LogP contribution >= 0.6 is 0 Å². The molecule has 6 rings (SSSR count). The summed E-state index contributed by atoms with van der Waals surface area (Å²) < 4.78 is 6.32. The molecule has 3 aliphatic rings. The Hall–Kier alpha value is -3.18. The van der Waals surface area contributed by atoms with E-state index in [-0.39, 0.29) is 0 Å². The van der Waals surface area contributed by atoms with Gasteiger partial charge in [-0.3, -0.25) is 0 Å². The average molecular weight is 421 g/mol. The Balaban J connectivity index is 1.40. The summed E-state index contributed by atoms with van der Waals surface area (Å²) in [5.41, 5.74) is 6.77. The van der Waals surface area contributed by atoms with Crippen molar-refractivity contribution in [1.29, 1.82) is 0 Å². The first-order valence-corrected chi connectivity index (χ1v) is 12.0. The third-order valence-electron chi connectivity index (χ3n) is 7.52. The Morgan fingerprint density at radius 1 is 0.906 bits per heavy atom. The molecule has 160 valence electrons. The molecule has 1 N–H and O–H groups in total. The minimum atomic E-state index is 0.341. The Labute approximate surface area is 189 Å². The van der Waals surface area contributed by atoms with Crippen molar-refractivity contribution in [3.63, 3.8) is 0 Å². The van der Waals surface area contributed by atoms with Gasteiger partial charge >= 0.3 is 0 Å². The highest BCUT2D eigenvalue weighted by Crippen LogP contribution is 2.40. The highest BCUT2D eigenvalue weighted by atomic mass is 16.3. The molecule has 0 amide bonds. The SMILES string of the molecule is OC1=C(C#Cc2ccccc2-c2cc3c4c(ccc3o2)CCCC4)[C@@H]2CCCC[C@@H]2C=C1. The van der Waals surface area contributed by atoms with Crippen LogP contribution in [-0.2, 0) is 12.8 Å². The monoisotopic (exact) mass is 420 g/mol. The van der Waals surface area contributed by atoms with Gasteiger partial charge in [0.15, 0.2) is 0 Å². The first-order chi connectivity index (χ1) is 15.8. The summed E-state index contributed by atoms with van der Waals surface area (Å²) in [6.07, 6.45) is 13.7. The maximum absolute atomic E-state index is 10.6. The number of rotatable bonds is 1. The van der Waals surface area contributed by atoms with Crippen molar-refractivity contribution in [3.8, 4) is 23.2 Å². The molecule has 2 heteroatoms. The van der Waals surface area contributed by atoms with Gasteiger partial charge in [0.25, 0.3) is 0 Å². The predicted octanol–water partition coefficient (Wildman–Crippen LogP) is 7.52. The molecule has 2 nitrogen and oxygen atoms in total. The van der Waals surface area contributed by atoms with Crippen LogP contribution in [0.2, 0.25) is 0 Å². The van der Waals surface area contributed by atoms with Crippen LogP contribution in [0.4, 0.5) is 0 Å². The fourth-order valence-electron chi connectivity index (χ4n) is 5.84. The lowest BCUT2D eigenvalue weighted by Gasteiger charge is -2.32. The lowest BCUT2D eigenvalue weighted by molar-refractivity contribution is 0.304. The molecule has 32 heavy (non-hydrogen) atoms. The van der Waals surface area contributed by atoms with Gasteiger partial charge in [-0.25, -0.2) is 0 Å². The van der Waals surface area contributed by atoms with Gasteiger partial charge < -0.3 is 9.52 Å². The quantitative estimate of drug-likeness (QED) is 0.413. The molecule has 3 aliphatic carbocycles. The number of hydrogen-bond acceptors (Lipinski definition) is 2. The van der Waals surface area contributed by atoms with E-state index in [4.69, 9.17) is 4.42 Å². The summed E-state index contributed by atoms with van der Waals surface area (Å²) in [6.45, 7) is 0. The molecule has 1 fully saturated rings. The molecule has 0 aliphatic heterocycles. The van der Waals surface area contributed by atoms with Crippen LogP contribution in [0.5, 0.6) is 0 Å². The van der Waals surface area contributed by atoms with E-state index < -0.39 is 0 Å². The molecule has 0 radical (unpaired) electrons. The third kappa shape index (κ3) is 3.37. The van der Waals surface area contributed by atoms with Gasteiger partial charge in [0.05, 0.1) is 0 Å².